The SMILES string of the molecule is CCOC(=O)C1(Cc2ccc(F)cc2F)CCCN(S(=O)(=O)CC)C1. The van der Waals surface area contributed by atoms with Crippen LogP contribution in [0.2, 0.25) is 0 Å². The van der Waals surface area contributed by atoms with Crippen LogP contribution in [-0.2, 0) is 26.0 Å². The molecule has 0 aliphatic carbocycles. The van der Waals surface area contributed by atoms with Crippen LogP contribution in [0.5, 0.6) is 0 Å². The van der Waals surface area contributed by atoms with Crippen molar-refractivity contribution in [2.45, 2.75) is 33.1 Å². The lowest BCUT2D eigenvalue weighted by molar-refractivity contribution is -0.157. The second kappa shape index (κ2) is 7.78. The minimum Gasteiger partial charge on any atom is -0.466 e. The zero-order valence-corrected chi connectivity index (χ0v) is 15.2. The standard InChI is InChI=1S/C17H23F2NO4S/c1-3-24-16(21)17(11-13-6-7-14(18)10-15(13)19)8-5-9-20(12-17)25(22,23)4-2/h6-7,10H,3-5,8-9,11-12H2,1-2H3. The number of carbonyl (C=O) groups excluding carboxylic acids is 1. The number of nitrogens with zero attached hydrogens (tertiary/aromatic N) is 1. The van der Waals surface area contributed by atoms with Gasteiger partial charge in [-0.2, -0.15) is 0 Å². The van der Waals surface area contributed by atoms with Crippen molar-refractivity contribution in [3.8, 4) is 0 Å². The molecule has 0 radical (unpaired) electrons. The molecule has 1 atom stereocenters. The maximum Gasteiger partial charge on any atom is 0.313 e. The Morgan fingerprint density at radius 3 is 2.64 bits per heavy atom. The van der Waals surface area contributed by atoms with Crippen molar-refractivity contribution in [2.75, 3.05) is 25.4 Å². The van der Waals surface area contributed by atoms with Crippen molar-refractivity contribution in [3.63, 3.8) is 0 Å². The summed E-state index contributed by atoms with van der Waals surface area (Å²) in [4.78, 5) is 12.6. The number of carbonyl (C=O) groups is 1. The van der Waals surface area contributed by atoms with Gasteiger partial charge in [0.1, 0.15) is 11.6 Å². The van der Waals surface area contributed by atoms with E-state index in [-0.39, 0.29) is 30.9 Å². The van der Waals surface area contributed by atoms with Gasteiger partial charge in [0.05, 0.1) is 17.8 Å². The number of sulfonamides is 1. The van der Waals surface area contributed by atoms with Gasteiger partial charge in [0, 0.05) is 19.2 Å². The van der Waals surface area contributed by atoms with E-state index in [1.54, 1.807) is 6.92 Å². The number of hydrogen-bond acceptors (Lipinski definition) is 4. The minimum absolute atomic E-state index is 0.0340. The average Bonchev–Trinajstić information content (AvgIpc) is 2.58. The first-order valence-electron chi connectivity index (χ1n) is 8.33. The van der Waals surface area contributed by atoms with Gasteiger partial charge < -0.3 is 4.74 Å². The van der Waals surface area contributed by atoms with Crippen LogP contribution in [0.4, 0.5) is 8.78 Å². The van der Waals surface area contributed by atoms with Crippen LogP contribution in [-0.4, -0.2) is 44.1 Å². The molecule has 0 bridgehead atoms. The second-order valence-corrected chi connectivity index (χ2v) is 8.51. The summed E-state index contributed by atoms with van der Waals surface area (Å²) in [7, 11) is -3.48. The Morgan fingerprint density at radius 1 is 1.32 bits per heavy atom. The Balaban J connectivity index is 2.39. The molecule has 1 aromatic carbocycles. The number of esters is 1. The Hall–Kier alpha value is -1.54. The molecule has 1 saturated heterocycles. The van der Waals surface area contributed by atoms with Gasteiger partial charge >= 0.3 is 5.97 Å². The topological polar surface area (TPSA) is 63.7 Å². The summed E-state index contributed by atoms with van der Waals surface area (Å²) in [6.07, 6.45) is 0.826. The molecule has 140 valence electrons. The molecule has 0 spiro atoms. The fourth-order valence-corrected chi connectivity index (χ4v) is 4.42. The molecule has 1 aliphatic rings. The Kier molecular flexibility index (Phi) is 6.16. The highest BCUT2D eigenvalue weighted by atomic mass is 32.2. The summed E-state index contributed by atoms with van der Waals surface area (Å²) in [6, 6.07) is 3.18. The fraction of sp³-hybridized carbons (Fsp3) is 0.588. The first-order valence-corrected chi connectivity index (χ1v) is 9.94. The number of ether oxygens (including phenoxy) is 1. The van der Waals surface area contributed by atoms with E-state index in [2.05, 4.69) is 0 Å². The largest absolute Gasteiger partial charge is 0.466 e. The molecule has 2 rings (SSSR count). The lowest BCUT2D eigenvalue weighted by Gasteiger charge is -2.40. The van der Waals surface area contributed by atoms with Gasteiger partial charge in [-0.15, -0.1) is 0 Å². The zero-order chi connectivity index (χ0) is 18.7. The van der Waals surface area contributed by atoms with E-state index < -0.39 is 33.0 Å². The maximum absolute atomic E-state index is 14.1. The smallest absolute Gasteiger partial charge is 0.313 e. The van der Waals surface area contributed by atoms with Crippen LogP contribution in [0.1, 0.15) is 32.3 Å². The Bertz CT molecular complexity index is 738. The van der Waals surface area contributed by atoms with Gasteiger partial charge in [-0.25, -0.2) is 21.5 Å². The summed E-state index contributed by atoms with van der Waals surface area (Å²) in [5, 5.41) is 0. The van der Waals surface area contributed by atoms with E-state index in [0.29, 0.717) is 19.4 Å². The van der Waals surface area contributed by atoms with Crippen molar-refractivity contribution in [3.05, 3.63) is 35.4 Å². The molecule has 25 heavy (non-hydrogen) atoms. The Labute approximate surface area is 147 Å². The summed E-state index contributed by atoms with van der Waals surface area (Å²) in [6.45, 7) is 3.61. The number of rotatable bonds is 6. The number of halogens is 2. The van der Waals surface area contributed by atoms with Crippen LogP contribution >= 0.6 is 0 Å². The number of benzene rings is 1. The molecule has 1 unspecified atom stereocenters. The molecule has 1 aromatic rings. The highest BCUT2D eigenvalue weighted by Gasteiger charge is 2.46. The first-order chi connectivity index (χ1) is 11.7. The Morgan fingerprint density at radius 2 is 2.04 bits per heavy atom. The molecule has 0 N–H and O–H groups in total. The van der Waals surface area contributed by atoms with Crippen molar-refractivity contribution >= 4 is 16.0 Å². The lowest BCUT2D eigenvalue weighted by Crippen LogP contribution is -2.52. The fourth-order valence-electron chi connectivity index (χ4n) is 3.21. The van der Waals surface area contributed by atoms with Crippen LogP contribution < -0.4 is 0 Å². The predicted molar refractivity (Wildman–Crippen MR) is 89.4 cm³/mol. The quantitative estimate of drug-likeness (QED) is 0.717. The first kappa shape index (κ1) is 19.8. The zero-order valence-electron chi connectivity index (χ0n) is 14.4. The van der Waals surface area contributed by atoms with Gasteiger partial charge in [0.15, 0.2) is 0 Å². The van der Waals surface area contributed by atoms with Crippen LogP contribution in [0.15, 0.2) is 18.2 Å². The third kappa shape index (κ3) is 4.36. The van der Waals surface area contributed by atoms with E-state index in [0.717, 1.165) is 12.1 Å². The normalized spacial score (nSPS) is 21.9. The molecule has 0 aromatic heterocycles. The van der Waals surface area contributed by atoms with Gasteiger partial charge in [-0.1, -0.05) is 6.07 Å². The van der Waals surface area contributed by atoms with Crippen LogP contribution in [0, 0.1) is 17.0 Å². The number of hydrogen-bond donors (Lipinski definition) is 0. The van der Waals surface area contributed by atoms with E-state index >= 15 is 0 Å². The second-order valence-electron chi connectivity index (χ2n) is 6.25. The van der Waals surface area contributed by atoms with Crippen LogP contribution in [0.3, 0.4) is 0 Å². The van der Waals surface area contributed by atoms with Gasteiger partial charge in [0.2, 0.25) is 10.0 Å². The van der Waals surface area contributed by atoms with Crippen molar-refractivity contribution in [2.24, 2.45) is 5.41 Å². The molecular weight excluding hydrogens is 352 g/mol. The molecule has 0 saturated carbocycles. The van der Waals surface area contributed by atoms with Gasteiger partial charge in [-0.3, -0.25) is 4.79 Å². The highest BCUT2D eigenvalue weighted by Crippen LogP contribution is 2.37. The highest BCUT2D eigenvalue weighted by molar-refractivity contribution is 7.89. The lowest BCUT2D eigenvalue weighted by atomic mass is 9.75. The van der Waals surface area contributed by atoms with Gasteiger partial charge in [0.25, 0.3) is 0 Å². The summed E-state index contributed by atoms with van der Waals surface area (Å²) >= 11 is 0. The van der Waals surface area contributed by atoms with Crippen molar-refractivity contribution < 1.29 is 26.7 Å². The molecule has 8 heteroatoms. The minimum atomic E-state index is -3.48. The maximum atomic E-state index is 14.1. The van der Waals surface area contributed by atoms with Crippen molar-refractivity contribution in [1.29, 1.82) is 0 Å². The van der Waals surface area contributed by atoms with Gasteiger partial charge in [-0.05, 0) is 44.7 Å². The number of piperidine rings is 1. The van der Waals surface area contributed by atoms with E-state index in [9.17, 15) is 22.0 Å². The predicted octanol–water partition coefficient (Wildman–Crippen LogP) is 2.50. The molecule has 1 fully saturated rings. The molecule has 0 amide bonds. The molecule has 1 aliphatic heterocycles. The van der Waals surface area contributed by atoms with E-state index in [1.165, 1.54) is 17.3 Å². The van der Waals surface area contributed by atoms with E-state index in [1.807, 2.05) is 0 Å². The molecule has 5 nitrogen and oxygen atoms in total. The monoisotopic (exact) mass is 375 g/mol. The van der Waals surface area contributed by atoms with Crippen LogP contribution in [0.25, 0.3) is 0 Å². The van der Waals surface area contributed by atoms with Crippen molar-refractivity contribution in [1.82, 2.24) is 4.31 Å². The third-order valence-electron chi connectivity index (χ3n) is 4.55. The molecular formula is C17H23F2NO4S. The average molecular weight is 375 g/mol. The van der Waals surface area contributed by atoms with E-state index in [4.69, 9.17) is 4.74 Å². The third-order valence-corrected chi connectivity index (χ3v) is 6.38. The molecule has 1 heterocycles. The summed E-state index contributed by atoms with van der Waals surface area (Å²) in [5.41, 5.74) is -1.000. The summed E-state index contributed by atoms with van der Waals surface area (Å²) < 4.78 is 58.1. The summed E-state index contributed by atoms with van der Waals surface area (Å²) in [5.74, 6) is -2.07.